The predicted octanol–water partition coefficient (Wildman–Crippen LogP) is 2.77. The normalized spacial score (nSPS) is 17.3. The monoisotopic (exact) mass is 324 g/mol. The molecule has 0 radical (unpaired) electrons. The highest BCUT2D eigenvalue weighted by atomic mass is 16.5. The van der Waals surface area contributed by atoms with Gasteiger partial charge in [-0.05, 0) is 23.6 Å². The van der Waals surface area contributed by atoms with Crippen LogP contribution in [-0.2, 0) is 0 Å². The van der Waals surface area contributed by atoms with Gasteiger partial charge < -0.3 is 14.8 Å². The molecule has 1 unspecified atom stereocenters. The van der Waals surface area contributed by atoms with Crippen LogP contribution in [0.25, 0.3) is 0 Å². The lowest BCUT2D eigenvalue weighted by Gasteiger charge is -2.35. The summed E-state index contributed by atoms with van der Waals surface area (Å²) >= 11 is 0. The molecule has 0 bridgehead atoms. The fraction of sp³-hybridized carbons (Fsp3) is 0.389. The van der Waals surface area contributed by atoms with Crippen LogP contribution in [0, 0.1) is 28.1 Å². The fourth-order valence-electron chi connectivity index (χ4n) is 2.54. The van der Waals surface area contributed by atoms with Crippen LogP contribution in [0.15, 0.2) is 34.6 Å². The van der Waals surface area contributed by atoms with Gasteiger partial charge in [0.2, 0.25) is 0 Å². The molecule has 6 heteroatoms. The van der Waals surface area contributed by atoms with Crippen molar-refractivity contribution < 1.29 is 9.47 Å². The number of ether oxygens (including phenoxy) is 2. The number of allylic oxidation sites excluding steroid dienone is 2. The summed E-state index contributed by atoms with van der Waals surface area (Å²) < 4.78 is 10.6. The third kappa shape index (κ3) is 3.18. The highest BCUT2D eigenvalue weighted by Gasteiger charge is 2.34. The second-order valence-electron chi connectivity index (χ2n) is 6.46. The zero-order valence-corrected chi connectivity index (χ0v) is 14.5. The summed E-state index contributed by atoms with van der Waals surface area (Å²) in [6.45, 7) is 6.15. The van der Waals surface area contributed by atoms with Crippen molar-refractivity contribution in [2.45, 2.75) is 26.8 Å². The predicted molar refractivity (Wildman–Crippen MR) is 90.7 cm³/mol. The van der Waals surface area contributed by atoms with Crippen molar-refractivity contribution in [3.63, 3.8) is 0 Å². The van der Waals surface area contributed by atoms with Gasteiger partial charge in [-0.2, -0.15) is 10.5 Å². The highest BCUT2D eigenvalue weighted by molar-refractivity contribution is 6.07. The summed E-state index contributed by atoms with van der Waals surface area (Å²) in [6, 6.07) is 9.26. The van der Waals surface area contributed by atoms with Gasteiger partial charge in [-0.3, -0.25) is 0 Å². The first-order valence-electron chi connectivity index (χ1n) is 7.47. The number of hydrogen-bond donors (Lipinski definition) is 1. The highest BCUT2D eigenvalue weighted by Crippen LogP contribution is 2.32. The second-order valence-corrected chi connectivity index (χ2v) is 6.46. The standard InChI is InChI=1S/C18H20N4O2/c1-18(2,3)17-16(21-12(9-19)13(10-20)22-17)11-6-7-14(23-4)15(8-11)24-5/h6-8,17,22H,1-5H3. The zero-order valence-electron chi connectivity index (χ0n) is 14.5. The number of benzene rings is 1. The van der Waals surface area contributed by atoms with Crippen molar-refractivity contribution in [3.8, 4) is 23.6 Å². The Morgan fingerprint density at radius 3 is 2.25 bits per heavy atom. The first kappa shape index (κ1) is 17.4. The molecule has 6 nitrogen and oxygen atoms in total. The summed E-state index contributed by atoms with van der Waals surface area (Å²) in [5, 5.41) is 21.7. The largest absolute Gasteiger partial charge is 0.493 e. The van der Waals surface area contributed by atoms with Crippen molar-refractivity contribution in [2.75, 3.05) is 14.2 Å². The Hall–Kier alpha value is -2.99. The van der Waals surface area contributed by atoms with E-state index in [1.807, 2.05) is 45.0 Å². The van der Waals surface area contributed by atoms with Gasteiger partial charge in [0.25, 0.3) is 0 Å². The minimum absolute atomic E-state index is 0.0859. The van der Waals surface area contributed by atoms with E-state index >= 15 is 0 Å². The number of nitrogens with one attached hydrogen (secondary N) is 1. The zero-order chi connectivity index (χ0) is 17.9. The number of nitrogens with zero attached hydrogens (tertiary/aromatic N) is 3. The molecule has 1 heterocycles. The Labute approximate surface area is 142 Å². The van der Waals surface area contributed by atoms with E-state index in [-0.39, 0.29) is 22.9 Å². The molecule has 0 amide bonds. The Balaban J connectivity index is 2.63. The van der Waals surface area contributed by atoms with Gasteiger partial charge >= 0.3 is 0 Å². The van der Waals surface area contributed by atoms with Crippen LogP contribution >= 0.6 is 0 Å². The van der Waals surface area contributed by atoms with Crippen LogP contribution in [0.1, 0.15) is 26.3 Å². The van der Waals surface area contributed by atoms with E-state index in [4.69, 9.17) is 9.47 Å². The summed E-state index contributed by atoms with van der Waals surface area (Å²) in [5.41, 5.74) is 1.57. The molecule has 1 aliphatic heterocycles. The average Bonchev–Trinajstić information content (AvgIpc) is 2.58. The molecule has 0 saturated carbocycles. The van der Waals surface area contributed by atoms with Crippen molar-refractivity contribution in [2.24, 2.45) is 10.4 Å². The molecule has 0 aliphatic carbocycles. The molecular weight excluding hydrogens is 304 g/mol. The van der Waals surface area contributed by atoms with Gasteiger partial charge in [-0.1, -0.05) is 20.8 Å². The lowest BCUT2D eigenvalue weighted by molar-refractivity contribution is 0.345. The van der Waals surface area contributed by atoms with E-state index in [0.29, 0.717) is 17.2 Å². The Morgan fingerprint density at radius 1 is 1.08 bits per heavy atom. The average molecular weight is 324 g/mol. The van der Waals surface area contributed by atoms with Crippen molar-refractivity contribution >= 4 is 5.71 Å². The maximum absolute atomic E-state index is 9.28. The van der Waals surface area contributed by atoms with E-state index in [1.54, 1.807) is 20.3 Å². The molecule has 2 rings (SSSR count). The Morgan fingerprint density at radius 2 is 1.75 bits per heavy atom. The molecule has 1 aromatic carbocycles. The van der Waals surface area contributed by atoms with E-state index in [0.717, 1.165) is 5.56 Å². The van der Waals surface area contributed by atoms with Crippen LogP contribution in [-0.4, -0.2) is 26.0 Å². The maximum atomic E-state index is 9.28. The van der Waals surface area contributed by atoms with Gasteiger partial charge in [0, 0.05) is 5.56 Å². The molecule has 0 fully saturated rings. The SMILES string of the molecule is COc1ccc(C2=NC(C#N)=C(C#N)NC2C(C)(C)C)cc1OC. The van der Waals surface area contributed by atoms with E-state index < -0.39 is 0 Å². The third-order valence-electron chi connectivity index (χ3n) is 3.79. The summed E-state index contributed by atoms with van der Waals surface area (Å²) in [7, 11) is 3.14. The molecule has 1 N–H and O–H groups in total. The van der Waals surface area contributed by atoms with Crippen LogP contribution in [0.5, 0.6) is 11.5 Å². The molecule has 0 saturated heterocycles. The number of aliphatic imine (C=N–C) groups is 1. The van der Waals surface area contributed by atoms with Crippen LogP contribution in [0.4, 0.5) is 0 Å². The summed E-state index contributed by atoms with van der Waals surface area (Å²) in [4.78, 5) is 4.46. The molecule has 24 heavy (non-hydrogen) atoms. The quantitative estimate of drug-likeness (QED) is 0.923. The number of nitriles is 2. The van der Waals surface area contributed by atoms with Crippen LogP contribution in [0.3, 0.4) is 0 Å². The second kappa shape index (κ2) is 6.64. The molecular formula is C18H20N4O2. The number of methoxy groups -OCH3 is 2. The molecule has 0 aromatic heterocycles. The van der Waals surface area contributed by atoms with E-state index in [2.05, 4.69) is 10.3 Å². The summed E-state index contributed by atoms with van der Waals surface area (Å²) in [5.74, 6) is 1.20. The maximum Gasteiger partial charge on any atom is 0.174 e. The van der Waals surface area contributed by atoms with Crippen LogP contribution in [0.2, 0.25) is 0 Å². The van der Waals surface area contributed by atoms with Gasteiger partial charge in [0.15, 0.2) is 22.9 Å². The Bertz CT molecular complexity index is 789. The van der Waals surface area contributed by atoms with Gasteiger partial charge in [0.05, 0.1) is 26.0 Å². The van der Waals surface area contributed by atoms with E-state index in [1.165, 1.54) is 0 Å². The molecule has 1 atom stereocenters. The number of hydrogen-bond acceptors (Lipinski definition) is 6. The summed E-state index contributed by atoms with van der Waals surface area (Å²) in [6.07, 6.45) is 0. The van der Waals surface area contributed by atoms with Crippen molar-refractivity contribution in [1.82, 2.24) is 5.32 Å². The van der Waals surface area contributed by atoms with Gasteiger partial charge in [0.1, 0.15) is 12.1 Å². The van der Waals surface area contributed by atoms with Crippen molar-refractivity contribution in [1.29, 1.82) is 10.5 Å². The minimum atomic E-state index is -0.220. The topological polar surface area (TPSA) is 90.4 Å². The Kier molecular flexibility index (Phi) is 4.80. The molecule has 124 valence electrons. The lowest BCUT2D eigenvalue weighted by atomic mass is 9.80. The number of rotatable bonds is 3. The smallest absolute Gasteiger partial charge is 0.174 e. The minimum Gasteiger partial charge on any atom is -0.493 e. The lowest BCUT2D eigenvalue weighted by Crippen LogP contribution is -2.48. The third-order valence-corrected chi connectivity index (χ3v) is 3.79. The molecule has 1 aliphatic rings. The molecule has 1 aromatic rings. The van der Waals surface area contributed by atoms with Crippen molar-refractivity contribution in [3.05, 3.63) is 35.2 Å². The molecule has 0 spiro atoms. The fourth-order valence-corrected chi connectivity index (χ4v) is 2.54. The first-order valence-corrected chi connectivity index (χ1v) is 7.47. The van der Waals surface area contributed by atoms with Gasteiger partial charge in [-0.15, -0.1) is 0 Å². The van der Waals surface area contributed by atoms with Crippen LogP contribution < -0.4 is 14.8 Å². The first-order chi connectivity index (χ1) is 11.3. The van der Waals surface area contributed by atoms with E-state index in [9.17, 15) is 10.5 Å². The van der Waals surface area contributed by atoms with Gasteiger partial charge in [-0.25, -0.2) is 4.99 Å².